The molecule has 3 heterocycles. The molecule has 6 nitrogen and oxygen atoms in total. The molecule has 0 amide bonds. The molecule has 19 heteroatoms. The Bertz CT molecular complexity index is 1190. The molecule has 0 N–H and O–H groups in total. The van der Waals surface area contributed by atoms with Gasteiger partial charge in [-0.25, -0.2) is 34.0 Å². The SMILES string of the molecule is O=C([CH-]C(=O)C(F)(F)F)c1cccs1.O=C([CH-]C(=O)C(F)(F)F)c1cccs1.O=C([CH-]C(=O)C(F)(F)F)c1cccs1.[Sm+3]. The van der Waals surface area contributed by atoms with E-state index in [9.17, 15) is 68.3 Å². The Balaban J connectivity index is 0.000000608. The smallest absolute Gasteiger partial charge is 0.330 e. The normalized spacial score (nSPS) is 10.8. The minimum atomic E-state index is -4.98. The molecular weight excluding hydrogens is 802 g/mol. The largest absolute Gasteiger partial charge is 3.00 e. The minimum absolute atomic E-state index is 0. The summed E-state index contributed by atoms with van der Waals surface area (Å²) in [5.74, 6) is -9.13. The summed E-state index contributed by atoms with van der Waals surface area (Å²) in [5, 5.41) is 4.62. The number of halogens is 9. The molecule has 0 spiro atoms. The Morgan fingerprint density at radius 2 is 0.674 bits per heavy atom. The molecule has 0 saturated carbocycles. The topological polar surface area (TPSA) is 102 Å². The number of thiophene rings is 3. The predicted octanol–water partition coefficient (Wildman–Crippen LogP) is 6.80. The molecule has 0 aliphatic rings. The fourth-order valence-corrected chi connectivity index (χ4v) is 3.98. The average molecular weight is 814 g/mol. The van der Waals surface area contributed by atoms with Crippen molar-refractivity contribution in [2.45, 2.75) is 18.5 Å². The fourth-order valence-electron chi connectivity index (χ4n) is 2.07. The van der Waals surface area contributed by atoms with Crippen molar-refractivity contribution in [1.82, 2.24) is 0 Å². The number of rotatable bonds is 9. The number of carbonyl (C=O) groups is 6. The first-order valence-electron chi connectivity index (χ1n) is 10.3. The Labute approximate surface area is 280 Å². The summed E-state index contributed by atoms with van der Waals surface area (Å²) in [6, 6.07) is 8.62. The van der Waals surface area contributed by atoms with Gasteiger partial charge in [-0.05, 0) is 16.1 Å². The van der Waals surface area contributed by atoms with Gasteiger partial charge in [0.1, 0.15) is 0 Å². The molecule has 0 bridgehead atoms. The van der Waals surface area contributed by atoms with Gasteiger partial charge >= 0.3 is 58.9 Å². The van der Waals surface area contributed by atoms with Crippen molar-refractivity contribution in [2.24, 2.45) is 0 Å². The number of alkyl halides is 9. The molecule has 0 saturated heterocycles. The van der Waals surface area contributed by atoms with E-state index in [1.54, 1.807) is 16.1 Å². The zero-order valence-electron chi connectivity index (χ0n) is 20.4. The number of ketones is 6. The van der Waals surface area contributed by atoms with Crippen LogP contribution in [-0.4, -0.2) is 53.2 Å². The van der Waals surface area contributed by atoms with Crippen LogP contribution in [0.4, 0.5) is 39.5 Å². The van der Waals surface area contributed by atoms with E-state index >= 15 is 0 Å². The van der Waals surface area contributed by atoms with Crippen molar-refractivity contribution in [3.05, 3.63) is 86.4 Å². The second-order valence-corrected chi connectivity index (χ2v) is 9.89. The van der Waals surface area contributed by atoms with Crippen LogP contribution in [0.15, 0.2) is 52.5 Å². The second kappa shape index (κ2) is 17.7. The molecule has 43 heavy (non-hydrogen) atoms. The van der Waals surface area contributed by atoms with Crippen molar-refractivity contribution >= 4 is 68.7 Å². The molecule has 1 radical (unpaired) electrons. The Morgan fingerprint density at radius 3 is 0.814 bits per heavy atom. The van der Waals surface area contributed by atoms with Crippen LogP contribution in [0.2, 0.25) is 0 Å². The van der Waals surface area contributed by atoms with E-state index < -0.39 is 53.2 Å². The second-order valence-electron chi connectivity index (χ2n) is 7.04. The third-order valence-corrected chi connectivity index (χ3v) is 6.57. The summed E-state index contributed by atoms with van der Waals surface area (Å²) in [6.45, 7) is 0. The molecule has 3 rings (SSSR count). The summed E-state index contributed by atoms with van der Waals surface area (Å²) >= 11 is 2.95. The molecule has 3 aromatic rings. The average Bonchev–Trinajstić information content (AvgIpc) is 3.66. The fraction of sp³-hybridized carbons (Fsp3) is 0.125. The van der Waals surface area contributed by atoms with Gasteiger partial charge in [0.05, 0.1) is 0 Å². The van der Waals surface area contributed by atoms with Gasteiger partial charge in [0.2, 0.25) is 0 Å². The molecule has 0 aromatic carbocycles. The van der Waals surface area contributed by atoms with E-state index in [1.807, 2.05) is 0 Å². The van der Waals surface area contributed by atoms with Gasteiger partial charge in [-0.1, -0.05) is 32.8 Å². The molecule has 0 fully saturated rings. The summed E-state index contributed by atoms with van der Waals surface area (Å²) in [4.78, 5) is 64.5. The van der Waals surface area contributed by atoms with Crippen molar-refractivity contribution < 1.29 is 109 Å². The molecular formula is C24H12F9O6S3Sm. The maximum absolute atomic E-state index is 11.7. The quantitative estimate of drug-likeness (QED) is 0.102. The van der Waals surface area contributed by atoms with E-state index in [4.69, 9.17) is 0 Å². The first-order valence-corrected chi connectivity index (χ1v) is 13.0. The van der Waals surface area contributed by atoms with E-state index in [-0.39, 0.29) is 74.3 Å². The predicted molar refractivity (Wildman–Crippen MR) is 132 cm³/mol. The molecule has 3 aromatic heterocycles. The zero-order valence-corrected chi connectivity index (χ0v) is 25.5. The van der Waals surface area contributed by atoms with Crippen LogP contribution in [0, 0.1) is 59.7 Å². The van der Waals surface area contributed by atoms with Crippen LogP contribution in [0.1, 0.15) is 29.0 Å². The maximum Gasteiger partial charge on any atom is 3.00 e. The standard InChI is InChI=1S/3C8H4F3O2S.Sm/c3*9-8(10,11)7(13)4-5(12)6-2-1-3-14-6;/h3*1-4H;/q3*-1;+3. The van der Waals surface area contributed by atoms with E-state index in [0.29, 0.717) is 0 Å². The van der Waals surface area contributed by atoms with Gasteiger partial charge in [-0.15, -0.1) is 37.5 Å². The third kappa shape index (κ3) is 15.1. The van der Waals surface area contributed by atoms with Gasteiger partial charge < -0.3 is 28.8 Å². The van der Waals surface area contributed by atoms with Crippen molar-refractivity contribution in [3.63, 3.8) is 0 Å². The van der Waals surface area contributed by atoms with Gasteiger partial charge in [0.25, 0.3) is 0 Å². The monoisotopic (exact) mass is 815 g/mol. The molecule has 0 unspecified atom stereocenters. The zero-order chi connectivity index (χ0) is 32.3. The minimum Gasteiger partial charge on any atom is -0.330 e. The van der Waals surface area contributed by atoms with Crippen molar-refractivity contribution in [2.75, 3.05) is 0 Å². The summed E-state index contributed by atoms with van der Waals surface area (Å²) in [7, 11) is 0. The summed E-state index contributed by atoms with van der Waals surface area (Å²) in [6.07, 6.45) is -14.8. The number of Topliss-reactive ketones (excluding diaryl/α,β-unsaturated/α-hetero) is 6. The molecule has 0 atom stereocenters. The first kappa shape index (κ1) is 40.4. The van der Waals surface area contributed by atoms with Crippen LogP contribution in [0.3, 0.4) is 0 Å². The van der Waals surface area contributed by atoms with E-state index in [0.717, 1.165) is 34.0 Å². The summed E-state index contributed by atoms with van der Waals surface area (Å²) < 4.78 is 105. The van der Waals surface area contributed by atoms with Crippen LogP contribution in [0.25, 0.3) is 0 Å². The van der Waals surface area contributed by atoms with Crippen molar-refractivity contribution in [1.29, 1.82) is 0 Å². The van der Waals surface area contributed by atoms with Gasteiger partial charge in [0.15, 0.2) is 17.3 Å². The van der Waals surface area contributed by atoms with Gasteiger partial charge in [-0.3, -0.25) is 0 Å². The Morgan fingerprint density at radius 1 is 0.465 bits per heavy atom. The molecule has 231 valence electrons. The summed E-state index contributed by atoms with van der Waals surface area (Å²) in [5.41, 5.74) is 0. The maximum atomic E-state index is 11.7. The Kier molecular flexibility index (Phi) is 16.6. The van der Waals surface area contributed by atoms with Crippen molar-refractivity contribution in [3.8, 4) is 0 Å². The van der Waals surface area contributed by atoms with E-state index in [2.05, 4.69) is 0 Å². The van der Waals surface area contributed by atoms with E-state index in [1.165, 1.54) is 36.4 Å². The third-order valence-electron chi connectivity index (χ3n) is 3.92. The number of carbonyl (C=O) groups excluding carboxylic acids is 6. The number of hydrogen-bond acceptors (Lipinski definition) is 9. The van der Waals surface area contributed by atoms with Crippen LogP contribution in [0.5, 0.6) is 0 Å². The van der Waals surface area contributed by atoms with Crippen LogP contribution in [-0.2, 0) is 14.4 Å². The van der Waals surface area contributed by atoms with Crippen LogP contribution < -0.4 is 0 Å². The Hall–Kier alpha value is -2.56. The van der Waals surface area contributed by atoms with Gasteiger partial charge in [0, 0.05) is 17.3 Å². The molecule has 0 aliphatic heterocycles. The van der Waals surface area contributed by atoms with Crippen LogP contribution >= 0.6 is 34.0 Å². The molecule has 0 aliphatic carbocycles. The van der Waals surface area contributed by atoms with Gasteiger partial charge in [-0.2, -0.15) is 39.5 Å². The number of hydrogen-bond donors (Lipinski definition) is 0. The first-order chi connectivity index (χ1) is 19.2.